The topological polar surface area (TPSA) is 131 Å². The third kappa shape index (κ3) is 4.88. The smallest absolute Gasteiger partial charge is 0.305 e. The highest BCUT2D eigenvalue weighted by molar-refractivity contribution is 5.99. The molecule has 2 heterocycles. The van der Waals surface area contributed by atoms with Gasteiger partial charge in [-0.1, -0.05) is 0 Å². The van der Waals surface area contributed by atoms with Gasteiger partial charge < -0.3 is 20.2 Å². The van der Waals surface area contributed by atoms with Gasteiger partial charge in [0.05, 0.1) is 6.61 Å². The number of nitrogens with zero attached hydrogens (tertiary/aromatic N) is 1. The summed E-state index contributed by atoms with van der Waals surface area (Å²) >= 11 is 0. The van der Waals surface area contributed by atoms with Crippen LogP contribution in [0.2, 0.25) is 0 Å². The van der Waals surface area contributed by atoms with Crippen LogP contribution in [-0.2, 0) is 9.53 Å². The highest BCUT2D eigenvalue weighted by atomic mass is 16.5. The van der Waals surface area contributed by atoms with E-state index >= 15 is 0 Å². The van der Waals surface area contributed by atoms with Gasteiger partial charge in [-0.05, 0) is 57.1 Å². The van der Waals surface area contributed by atoms with Crippen molar-refractivity contribution in [1.82, 2.24) is 10.3 Å². The Hall–Kier alpha value is -2.90. The number of amidine groups is 1. The van der Waals surface area contributed by atoms with E-state index in [9.17, 15) is 9.59 Å². The number of hydrogen-bond donors (Lipinski definition) is 3. The second kappa shape index (κ2) is 8.86. The molecule has 0 bridgehead atoms. The van der Waals surface area contributed by atoms with Gasteiger partial charge in [-0.3, -0.25) is 15.0 Å². The molecule has 28 heavy (non-hydrogen) atoms. The molecule has 1 aliphatic rings. The Morgan fingerprint density at radius 3 is 2.75 bits per heavy atom. The number of hydrogen-bond acceptors (Lipinski definition) is 6. The minimum atomic E-state index is -0.266. The van der Waals surface area contributed by atoms with Crippen LogP contribution in [0.4, 0.5) is 0 Å². The molecule has 2 aromatic heterocycles. The van der Waals surface area contributed by atoms with E-state index in [-0.39, 0.29) is 29.5 Å². The number of carbonyl (C=O) groups is 2. The number of esters is 1. The average molecular weight is 386 g/mol. The first kappa shape index (κ1) is 19.9. The second-order valence-electron chi connectivity index (χ2n) is 7.18. The number of nitrogen functional groups attached to an aromatic ring is 1. The van der Waals surface area contributed by atoms with Gasteiger partial charge in [-0.2, -0.15) is 0 Å². The molecule has 0 saturated heterocycles. The van der Waals surface area contributed by atoms with E-state index in [0.717, 1.165) is 32.1 Å². The van der Waals surface area contributed by atoms with Gasteiger partial charge in [0, 0.05) is 29.6 Å². The third-order valence-electron chi connectivity index (χ3n) is 5.15. The lowest BCUT2D eigenvalue weighted by atomic mass is 9.83. The van der Waals surface area contributed by atoms with Gasteiger partial charge in [-0.15, -0.1) is 0 Å². The summed E-state index contributed by atoms with van der Waals surface area (Å²) in [6.07, 6.45) is 6.48. The predicted octanol–water partition coefficient (Wildman–Crippen LogP) is 2.74. The zero-order valence-corrected chi connectivity index (χ0v) is 16.0. The van der Waals surface area contributed by atoms with Crippen LogP contribution in [0.15, 0.2) is 22.7 Å². The van der Waals surface area contributed by atoms with E-state index in [1.54, 1.807) is 12.1 Å². The summed E-state index contributed by atoms with van der Waals surface area (Å²) in [7, 11) is 0. The molecule has 8 heteroatoms. The molecule has 0 spiro atoms. The van der Waals surface area contributed by atoms with Gasteiger partial charge in [0.15, 0.2) is 5.76 Å². The number of amides is 1. The Morgan fingerprint density at radius 2 is 2.07 bits per heavy atom. The molecular formula is C20H26N4O4. The summed E-state index contributed by atoms with van der Waals surface area (Å²) in [5, 5.41) is 11.1. The van der Waals surface area contributed by atoms with Crippen molar-refractivity contribution in [3.05, 3.63) is 29.7 Å². The van der Waals surface area contributed by atoms with E-state index in [4.69, 9.17) is 20.3 Å². The summed E-state index contributed by atoms with van der Waals surface area (Å²) in [5.74, 6) is 0.216. The van der Waals surface area contributed by atoms with Gasteiger partial charge in [0.1, 0.15) is 5.84 Å². The van der Waals surface area contributed by atoms with Gasteiger partial charge in [-0.25, -0.2) is 4.98 Å². The number of nitrogens with two attached hydrogens (primary N) is 1. The molecule has 0 unspecified atom stereocenters. The molecule has 1 fully saturated rings. The highest BCUT2D eigenvalue weighted by Gasteiger charge is 2.24. The van der Waals surface area contributed by atoms with E-state index < -0.39 is 0 Å². The van der Waals surface area contributed by atoms with Crippen molar-refractivity contribution in [1.29, 1.82) is 5.41 Å². The van der Waals surface area contributed by atoms with E-state index in [1.165, 1.54) is 6.20 Å². The number of aromatic nitrogens is 1. The SMILES string of the molecule is CCOC(=O)CCC1CCC(NC(=O)c2cc3cc(C(=N)N)cnc3o2)CC1. The standard InChI is InChI=1S/C20H26N4O4/c1-2-27-17(25)8-5-12-3-6-15(7-4-12)24-19(26)16-10-13-9-14(18(21)22)11-23-20(13)28-16/h9-12,15H,2-8H2,1H3,(H3,21,22)(H,24,26). The molecule has 1 saturated carbocycles. The Labute approximate surface area is 163 Å². The van der Waals surface area contributed by atoms with Crippen LogP contribution in [0.1, 0.15) is 61.6 Å². The van der Waals surface area contributed by atoms with Crippen molar-refractivity contribution in [3.8, 4) is 0 Å². The highest BCUT2D eigenvalue weighted by Crippen LogP contribution is 2.28. The predicted molar refractivity (Wildman–Crippen MR) is 104 cm³/mol. The average Bonchev–Trinajstić information content (AvgIpc) is 3.11. The van der Waals surface area contributed by atoms with Crippen LogP contribution in [0.25, 0.3) is 11.1 Å². The first-order valence-electron chi connectivity index (χ1n) is 9.66. The number of carbonyl (C=O) groups excluding carboxylic acids is 2. The summed E-state index contributed by atoms with van der Waals surface area (Å²) in [5.41, 5.74) is 6.30. The van der Waals surface area contributed by atoms with Crippen LogP contribution in [0, 0.1) is 11.3 Å². The van der Waals surface area contributed by atoms with E-state index in [1.807, 2.05) is 6.92 Å². The van der Waals surface area contributed by atoms with E-state index in [0.29, 0.717) is 35.6 Å². The van der Waals surface area contributed by atoms with Crippen molar-refractivity contribution in [2.75, 3.05) is 6.61 Å². The molecule has 4 N–H and O–H groups in total. The number of ether oxygens (including phenoxy) is 1. The fraction of sp³-hybridized carbons (Fsp3) is 0.500. The van der Waals surface area contributed by atoms with Crippen LogP contribution >= 0.6 is 0 Å². The molecule has 150 valence electrons. The maximum atomic E-state index is 12.5. The lowest BCUT2D eigenvalue weighted by Crippen LogP contribution is -2.37. The number of fused-ring (bicyclic) bond motifs is 1. The first-order chi connectivity index (χ1) is 13.5. The Morgan fingerprint density at radius 1 is 1.32 bits per heavy atom. The largest absolute Gasteiger partial charge is 0.466 e. The number of nitrogens with one attached hydrogen (secondary N) is 2. The zero-order valence-electron chi connectivity index (χ0n) is 16.0. The maximum Gasteiger partial charge on any atom is 0.305 e. The fourth-order valence-corrected chi connectivity index (χ4v) is 3.60. The molecule has 0 radical (unpaired) electrons. The summed E-state index contributed by atoms with van der Waals surface area (Å²) in [6, 6.07) is 3.40. The molecule has 0 aromatic carbocycles. The number of rotatable bonds is 7. The lowest BCUT2D eigenvalue weighted by Gasteiger charge is -2.28. The summed E-state index contributed by atoms with van der Waals surface area (Å²) in [6.45, 7) is 2.23. The minimum Gasteiger partial charge on any atom is -0.466 e. The fourth-order valence-electron chi connectivity index (χ4n) is 3.60. The second-order valence-corrected chi connectivity index (χ2v) is 7.18. The van der Waals surface area contributed by atoms with Gasteiger partial charge in [0.25, 0.3) is 5.91 Å². The molecule has 1 amide bonds. The normalized spacial score (nSPS) is 19.3. The Balaban J connectivity index is 1.51. The van der Waals surface area contributed by atoms with Crippen molar-refractivity contribution in [2.45, 2.75) is 51.5 Å². The van der Waals surface area contributed by atoms with Crippen LogP contribution in [0.3, 0.4) is 0 Å². The maximum absolute atomic E-state index is 12.5. The van der Waals surface area contributed by atoms with Crippen molar-refractivity contribution >= 4 is 28.8 Å². The number of pyridine rings is 1. The molecule has 2 aromatic rings. The van der Waals surface area contributed by atoms with Crippen molar-refractivity contribution in [2.24, 2.45) is 11.7 Å². The molecular weight excluding hydrogens is 360 g/mol. The minimum absolute atomic E-state index is 0.0821. The monoisotopic (exact) mass is 386 g/mol. The molecule has 0 aliphatic heterocycles. The van der Waals surface area contributed by atoms with Crippen LogP contribution in [-0.4, -0.2) is 35.3 Å². The van der Waals surface area contributed by atoms with E-state index in [2.05, 4.69) is 10.3 Å². The summed E-state index contributed by atoms with van der Waals surface area (Å²) < 4.78 is 10.5. The Bertz CT molecular complexity index is 868. The third-order valence-corrected chi connectivity index (χ3v) is 5.15. The van der Waals surface area contributed by atoms with Crippen LogP contribution < -0.4 is 11.1 Å². The van der Waals surface area contributed by atoms with Gasteiger partial charge in [0.2, 0.25) is 5.71 Å². The molecule has 3 rings (SSSR count). The Kier molecular flexibility index (Phi) is 6.28. The van der Waals surface area contributed by atoms with Crippen molar-refractivity contribution in [3.63, 3.8) is 0 Å². The first-order valence-corrected chi connectivity index (χ1v) is 9.66. The zero-order chi connectivity index (χ0) is 20.1. The summed E-state index contributed by atoms with van der Waals surface area (Å²) in [4.78, 5) is 28.1. The number of furan rings is 1. The van der Waals surface area contributed by atoms with Crippen molar-refractivity contribution < 1.29 is 18.7 Å². The molecule has 8 nitrogen and oxygen atoms in total. The molecule has 1 aliphatic carbocycles. The van der Waals surface area contributed by atoms with Crippen LogP contribution in [0.5, 0.6) is 0 Å². The lowest BCUT2D eigenvalue weighted by molar-refractivity contribution is -0.143. The van der Waals surface area contributed by atoms with Gasteiger partial charge >= 0.3 is 5.97 Å². The quantitative estimate of drug-likeness (QED) is 0.381. The molecule has 0 atom stereocenters.